The van der Waals surface area contributed by atoms with Gasteiger partial charge in [0.2, 0.25) is 5.91 Å². The van der Waals surface area contributed by atoms with Gasteiger partial charge in [-0.05, 0) is 36.8 Å². The van der Waals surface area contributed by atoms with E-state index in [9.17, 15) is 9.59 Å². The Balaban J connectivity index is 1.62. The van der Waals surface area contributed by atoms with Crippen LogP contribution >= 0.6 is 11.8 Å². The molecule has 0 saturated heterocycles. The third kappa shape index (κ3) is 4.92. The van der Waals surface area contributed by atoms with E-state index >= 15 is 0 Å². The van der Waals surface area contributed by atoms with Crippen molar-refractivity contribution in [1.82, 2.24) is 14.9 Å². The molecule has 0 aliphatic heterocycles. The van der Waals surface area contributed by atoms with E-state index in [0.717, 1.165) is 16.4 Å². The zero-order chi connectivity index (χ0) is 19.9. The highest BCUT2D eigenvalue weighted by Gasteiger charge is 2.11. The summed E-state index contributed by atoms with van der Waals surface area (Å²) < 4.78 is 1.97. The van der Waals surface area contributed by atoms with Crippen molar-refractivity contribution >= 4 is 35.1 Å². The summed E-state index contributed by atoms with van der Waals surface area (Å²) in [7, 11) is 1.54. The van der Waals surface area contributed by atoms with Gasteiger partial charge in [-0.25, -0.2) is 9.78 Å². The molecule has 0 radical (unpaired) electrons. The molecule has 3 rings (SSSR count). The van der Waals surface area contributed by atoms with Crippen LogP contribution in [0.15, 0.2) is 66.1 Å². The van der Waals surface area contributed by atoms with Gasteiger partial charge >= 0.3 is 6.03 Å². The third-order valence-electron chi connectivity index (χ3n) is 3.95. The molecular formula is C20H21N5O2S. The van der Waals surface area contributed by atoms with Crippen molar-refractivity contribution in [2.45, 2.75) is 12.1 Å². The van der Waals surface area contributed by atoms with Crippen molar-refractivity contribution in [3.63, 3.8) is 0 Å². The number of anilines is 2. The van der Waals surface area contributed by atoms with Crippen LogP contribution in [0.3, 0.4) is 0 Å². The van der Waals surface area contributed by atoms with Crippen molar-refractivity contribution < 1.29 is 9.59 Å². The number of benzene rings is 2. The summed E-state index contributed by atoms with van der Waals surface area (Å²) in [4.78, 5) is 28.1. The first-order chi connectivity index (χ1) is 13.6. The minimum Gasteiger partial charge on any atom is -0.341 e. The van der Waals surface area contributed by atoms with E-state index in [0.29, 0.717) is 11.4 Å². The normalized spacial score (nSPS) is 10.4. The third-order valence-corrected chi connectivity index (χ3v) is 4.91. The van der Waals surface area contributed by atoms with E-state index in [-0.39, 0.29) is 17.7 Å². The molecule has 2 aromatic carbocycles. The van der Waals surface area contributed by atoms with Gasteiger partial charge in [0, 0.05) is 30.8 Å². The van der Waals surface area contributed by atoms with Crippen LogP contribution in [0.4, 0.5) is 16.2 Å². The SMILES string of the molecule is CNC(=O)Nc1cccc(NC(=O)CSc2nccn2-c2ccccc2C)c1. The minimum atomic E-state index is -0.318. The fourth-order valence-corrected chi connectivity index (χ4v) is 3.38. The van der Waals surface area contributed by atoms with Crippen LogP contribution < -0.4 is 16.0 Å². The molecule has 144 valence electrons. The number of hydrogen-bond acceptors (Lipinski definition) is 4. The Morgan fingerprint density at radius 2 is 1.82 bits per heavy atom. The minimum absolute atomic E-state index is 0.151. The Labute approximate surface area is 167 Å². The Morgan fingerprint density at radius 3 is 2.57 bits per heavy atom. The first-order valence-electron chi connectivity index (χ1n) is 8.67. The molecule has 0 bridgehead atoms. The summed E-state index contributed by atoms with van der Waals surface area (Å²) in [5.41, 5.74) is 3.38. The van der Waals surface area contributed by atoms with Gasteiger partial charge in [-0.3, -0.25) is 9.36 Å². The van der Waals surface area contributed by atoms with Gasteiger partial charge in [0.1, 0.15) is 0 Å². The second-order valence-electron chi connectivity index (χ2n) is 5.99. The maximum Gasteiger partial charge on any atom is 0.318 e. The monoisotopic (exact) mass is 395 g/mol. The number of amides is 3. The number of urea groups is 1. The zero-order valence-electron chi connectivity index (χ0n) is 15.6. The number of para-hydroxylation sites is 1. The Morgan fingerprint density at radius 1 is 1.07 bits per heavy atom. The second kappa shape index (κ2) is 9.09. The van der Waals surface area contributed by atoms with Gasteiger partial charge in [0.25, 0.3) is 0 Å². The van der Waals surface area contributed by atoms with Gasteiger partial charge < -0.3 is 16.0 Å². The topological polar surface area (TPSA) is 88.1 Å². The van der Waals surface area contributed by atoms with Crippen LogP contribution in [0.25, 0.3) is 5.69 Å². The van der Waals surface area contributed by atoms with Crippen LogP contribution in [-0.2, 0) is 4.79 Å². The lowest BCUT2D eigenvalue weighted by Gasteiger charge is -2.11. The molecule has 0 atom stereocenters. The van der Waals surface area contributed by atoms with Crippen molar-refractivity contribution in [2.75, 3.05) is 23.4 Å². The molecule has 1 heterocycles. The van der Waals surface area contributed by atoms with E-state index in [1.54, 1.807) is 37.5 Å². The van der Waals surface area contributed by atoms with Crippen LogP contribution in [0, 0.1) is 6.92 Å². The molecule has 1 aromatic heterocycles. The fraction of sp³-hybridized carbons (Fsp3) is 0.150. The number of rotatable bonds is 6. The quantitative estimate of drug-likeness (QED) is 0.556. The molecule has 0 aliphatic rings. The number of aryl methyl sites for hydroxylation is 1. The summed E-state index contributed by atoms with van der Waals surface area (Å²) in [5.74, 6) is 0.0668. The number of carbonyl (C=O) groups excluding carboxylic acids is 2. The molecule has 7 nitrogen and oxygen atoms in total. The van der Waals surface area contributed by atoms with E-state index < -0.39 is 0 Å². The Kier molecular flexibility index (Phi) is 6.33. The van der Waals surface area contributed by atoms with E-state index in [1.807, 2.05) is 42.0 Å². The van der Waals surface area contributed by atoms with Crippen LogP contribution in [0.1, 0.15) is 5.56 Å². The fourth-order valence-electron chi connectivity index (χ4n) is 2.61. The van der Waals surface area contributed by atoms with Crippen molar-refractivity contribution in [3.8, 4) is 5.69 Å². The maximum atomic E-state index is 12.3. The number of carbonyl (C=O) groups is 2. The summed E-state index contributed by atoms with van der Waals surface area (Å²) in [6, 6.07) is 14.7. The zero-order valence-corrected chi connectivity index (χ0v) is 16.4. The Bertz CT molecular complexity index is 986. The predicted octanol–water partition coefficient (Wildman–Crippen LogP) is 3.66. The van der Waals surface area contributed by atoms with Gasteiger partial charge in [-0.2, -0.15) is 0 Å². The first kappa shape index (κ1) is 19.5. The largest absolute Gasteiger partial charge is 0.341 e. The molecule has 3 aromatic rings. The molecule has 0 aliphatic carbocycles. The van der Waals surface area contributed by atoms with Crippen molar-refractivity contribution in [2.24, 2.45) is 0 Å². The van der Waals surface area contributed by atoms with E-state index in [4.69, 9.17) is 0 Å². The Hall–Kier alpha value is -3.26. The average molecular weight is 395 g/mol. The summed E-state index contributed by atoms with van der Waals surface area (Å²) >= 11 is 1.36. The highest BCUT2D eigenvalue weighted by atomic mass is 32.2. The van der Waals surface area contributed by atoms with Gasteiger partial charge in [-0.15, -0.1) is 0 Å². The smallest absolute Gasteiger partial charge is 0.318 e. The van der Waals surface area contributed by atoms with Crippen molar-refractivity contribution in [1.29, 1.82) is 0 Å². The summed E-state index contributed by atoms with van der Waals surface area (Å²) in [6.45, 7) is 2.04. The van der Waals surface area contributed by atoms with Gasteiger partial charge in [-0.1, -0.05) is 36.0 Å². The number of aromatic nitrogens is 2. The second-order valence-corrected chi connectivity index (χ2v) is 6.93. The van der Waals surface area contributed by atoms with E-state index in [1.165, 1.54) is 11.8 Å². The molecule has 3 N–H and O–H groups in total. The number of thioether (sulfide) groups is 1. The molecule has 8 heteroatoms. The standard InChI is InChI=1S/C20H21N5O2S/c1-14-6-3-4-9-17(14)25-11-10-22-20(25)28-13-18(26)23-15-7-5-8-16(12-15)24-19(27)21-2/h3-12H,13H2,1-2H3,(H,23,26)(H2,21,24,27). The lowest BCUT2D eigenvalue weighted by atomic mass is 10.2. The maximum absolute atomic E-state index is 12.3. The molecule has 0 spiro atoms. The van der Waals surface area contributed by atoms with Gasteiger partial charge in [0.15, 0.2) is 5.16 Å². The van der Waals surface area contributed by atoms with Crippen LogP contribution in [0.2, 0.25) is 0 Å². The number of nitrogens with zero attached hydrogens (tertiary/aromatic N) is 2. The number of hydrogen-bond donors (Lipinski definition) is 3. The highest BCUT2D eigenvalue weighted by Crippen LogP contribution is 2.23. The molecule has 0 unspecified atom stereocenters. The molecular weight excluding hydrogens is 374 g/mol. The molecule has 28 heavy (non-hydrogen) atoms. The van der Waals surface area contributed by atoms with E-state index in [2.05, 4.69) is 20.9 Å². The van der Waals surface area contributed by atoms with Gasteiger partial charge in [0.05, 0.1) is 11.4 Å². The number of nitrogens with one attached hydrogen (secondary N) is 3. The average Bonchev–Trinajstić information content (AvgIpc) is 3.15. The molecule has 3 amide bonds. The van der Waals surface area contributed by atoms with Crippen LogP contribution in [0.5, 0.6) is 0 Å². The summed E-state index contributed by atoms with van der Waals surface area (Å²) in [5, 5.41) is 8.74. The van der Waals surface area contributed by atoms with Crippen molar-refractivity contribution in [3.05, 3.63) is 66.5 Å². The lowest BCUT2D eigenvalue weighted by molar-refractivity contribution is -0.113. The molecule has 0 fully saturated rings. The highest BCUT2D eigenvalue weighted by molar-refractivity contribution is 7.99. The number of imidazole rings is 1. The molecule has 0 saturated carbocycles. The predicted molar refractivity (Wildman–Crippen MR) is 112 cm³/mol. The van der Waals surface area contributed by atoms with Crippen LogP contribution in [-0.4, -0.2) is 34.3 Å². The summed E-state index contributed by atoms with van der Waals surface area (Å²) in [6.07, 6.45) is 3.61. The lowest BCUT2D eigenvalue weighted by Crippen LogP contribution is -2.24. The first-order valence-corrected chi connectivity index (χ1v) is 9.66.